The smallest absolute Gasteiger partial charge is 0.258 e. The van der Waals surface area contributed by atoms with E-state index in [1.165, 1.54) is 18.2 Å². The summed E-state index contributed by atoms with van der Waals surface area (Å²) < 4.78 is 13.0. The lowest BCUT2D eigenvalue weighted by Crippen LogP contribution is -2.34. The lowest BCUT2D eigenvalue weighted by atomic mass is 10.2. The molecule has 2 rings (SSSR count). The van der Waals surface area contributed by atoms with Crippen LogP contribution in [0.4, 0.5) is 10.1 Å². The fourth-order valence-corrected chi connectivity index (χ4v) is 1.98. The van der Waals surface area contributed by atoms with Crippen LogP contribution in [0.3, 0.4) is 0 Å². The van der Waals surface area contributed by atoms with Crippen LogP contribution in [0.5, 0.6) is 0 Å². The number of amides is 1. The van der Waals surface area contributed by atoms with E-state index >= 15 is 0 Å². The summed E-state index contributed by atoms with van der Waals surface area (Å²) in [7, 11) is 0. The molecule has 2 N–H and O–H groups in total. The highest BCUT2D eigenvalue weighted by atomic mass is 35.5. The zero-order valence-corrected chi connectivity index (χ0v) is 11.8. The summed E-state index contributed by atoms with van der Waals surface area (Å²) in [5, 5.41) is 5.60. The first-order chi connectivity index (χ1) is 9.56. The van der Waals surface area contributed by atoms with Gasteiger partial charge in [-0.2, -0.15) is 0 Å². The van der Waals surface area contributed by atoms with E-state index in [0.717, 1.165) is 0 Å². The summed E-state index contributed by atoms with van der Waals surface area (Å²) >= 11 is 10.9. The predicted molar refractivity (Wildman–Crippen MR) is 81.5 cm³/mol. The van der Waals surface area contributed by atoms with Gasteiger partial charge in [0, 0.05) is 5.69 Å². The molecule has 0 saturated carbocycles. The molecule has 0 unspecified atom stereocenters. The van der Waals surface area contributed by atoms with E-state index in [0.29, 0.717) is 16.3 Å². The number of nitrogens with one attached hydrogen (secondary N) is 2. The topological polar surface area (TPSA) is 41.1 Å². The standard InChI is InChI=1S/C14H10ClFN2OS/c15-12-7-2-1-6-11(12)13(19)18-14(20)17-10-5-3-4-9(16)8-10/h1-8H,(H2,17,18,19,20). The maximum Gasteiger partial charge on any atom is 0.258 e. The number of hydrogen-bond donors (Lipinski definition) is 2. The number of carbonyl (C=O) groups is 1. The van der Waals surface area contributed by atoms with Gasteiger partial charge in [0.15, 0.2) is 5.11 Å². The SMILES string of the molecule is O=C(NC(=S)Nc1cccc(F)c1)c1ccccc1Cl. The summed E-state index contributed by atoms with van der Waals surface area (Å²) in [5.41, 5.74) is 0.770. The second kappa shape index (κ2) is 6.45. The molecule has 0 aliphatic heterocycles. The molecule has 3 nitrogen and oxygen atoms in total. The van der Waals surface area contributed by atoms with Gasteiger partial charge in [0.05, 0.1) is 10.6 Å². The fraction of sp³-hybridized carbons (Fsp3) is 0. The lowest BCUT2D eigenvalue weighted by molar-refractivity contribution is 0.0978. The Hall–Kier alpha value is -1.98. The number of benzene rings is 2. The molecule has 102 valence electrons. The Labute approximate surface area is 125 Å². The van der Waals surface area contributed by atoms with Crippen LogP contribution in [0.1, 0.15) is 10.4 Å². The van der Waals surface area contributed by atoms with E-state index in [9.17, 15) is 9.18 Å². The van der Waals surface area contributed by atoms with Gasteiger partial charge in [-0.3, -0.25) is 10.1 Å². The minimum Gasteiger partial charge on any atom is -0.332 e. The maximum atomic E-state index is 13.0. The third kappa shape index (κ3) is 3.76. The Balaban J connectivity index is 2.02. The third-order valence-electron chi connectivity index (χ3n) is 2.43. The monoisotopic (exact) mass is 308 g/mol. The summed E-state index contributed by atoms with van der Waals surface area (Å²) in [4.78, 5) is 11.9. The van der Waals surface area contributed by atoms with Gasteiger partial charge in [0.25, 0.3) is 5.91 Å². The summed E-state index contributed by atoms with van der Waals surface area (Å²) in [6.07, 6.45) is 0. The van der Waals surface area contributed by atoms with Gasteiger partial charge in [-0.1, -0.05) is 29.8 Å². The molecule has 20 heavy (non-hydrogen) atoms. The van der Waals surface area contributed by atoms with Gasteiger partial charge in [0.1, 0.15) is 5.82 Å². The molecule has 0 aliphatic rings. The Morgan fingerprint density at radius 2 is 1.90 bits per heavy atom. The van der Waals surface area contributed by atoms with Gasteiger partial charge in [0.2, 0.25) is 0 Å². The van der Waals surface area contributed by atoms with Crippen LogP contribution in [-0.2, 0) is 0 Å². The number of hydrogen-bond acceptors (Lipinski definition) is 2. The zero-order valence-electron chi connectivity index (χ0n) is 10.2. The van der Waals surface area contributed by atoms with E-state index in [2.05, 4.69) is 10.6 Å². The van der Waals surface area contributed by atoms with Crippen molar-refractivity contribution < 1.29 is 9.18 Å². The Bertz CT molecular complexity index is 663. The van der Waals surface area contributed by atoms with Crippen molar-refractivity contribution >= 4 is 40.5 Å². The molecule has 0 radical (unpaired) electrons. The van der Waals surface area contributed by atoms with Crippen LogP contribution in [0, 0.1) is 5.82 Å². The maximum absolute atomic E-state index is 13.0. The number of carbonyl (C=O) groups excluding carboxylic acids is 1. The van der Waals surface area contributed by atoms with Crippen LogP contribution in [0.15, 0.2) is 48.5 Å². The lowest BCUT2D eigenvalue weighted by Gasteiger charge is -2.10. The molecule has 1 amide bonds. The van der Waals surface area contributed by atoms with E-state index in [1.54, 1.807) is 30.3 Å². The average Bonchev–Trinajstić information content (AvgIpc) is 2.38. The largest absolute Gasteiger partial charge is 0.332 e. The van der Waals surface area contributed by atoms with E-state index in [-0.39, 0.29) is 5.11 Å². The first-order valence-electron chi connectivity index (χ1n) is 5.68. The van der Waals surface area contributed by atoms with Crippen LogP contribution < -0.4 is 10.6 Å². The molecule has 0 aromatic heterocycles. The van der Waals surface area contributed by atoms with E-state index in [4.69, 9.17) is 23.8 Å². The van der Waals surface area contributed by atoms with Crippen LogP contribution >= 0.6 is 23.8 Å². The first-order valence-corrected chi connectivity index (χ1v) is 6.47. The van der Waals surface area contributed by atoms with Crippen molar-refractivity contribution in [2.45, 2.75) is 0 Å². The molecule has 6 heteroatoms. The van der Waals surface area contributed by atoms with Crippen LogP contribution in [-0.4, -0.2) is 11.0 Å². The van der Waals surface area contributed by atoms with E-state index < -0.39 is 11.7 Å². The summed E-state index contributed by atoms with van der Waals surface area (Å²) in [5.74, 6) is -0.820. The molecule has 0 fully saturated rings. The Morgan fingerprint density at radius 3 is 2.60 bits per heavy atom. The van der Waals surface area contributed by atoms with Crippen molar-refractivity contribution in [3.05, 3.63) is 64.9 Å². The molecule has 0 aliphatic carbocycles. The number of anilines is 1. The predicted octanol–water partition coefficient (Wildman–Crippen LogP) is 3.61. The Morgan fingerprint density at radius 1 is 1.15 bits per heavy atom. The molecule has 0 bridgehead atoms. The van der Waals surface area contributed by atoms with Crippen molar-refractivity contribution in [2.24, 2.45) is 0 Å². The van der Waals surface area contributed by atoms with Crippen LogP contribution in [0.2, 0.25) is 5.02 Å². The van der Waals surface area contributed by atoms with Gasteiger partial charge in [-0.25, -0.2) is 4.39 Å². The molecular formula is C14H10ClFN2OS. The highest BCUT2D eigenvalue weighted by molar-refractivity contribution is 7.80. The second-order valence-electron chi connectivity index (χ2n) is 3.90. The minimum atomic E-state index is -0.426. The van der Waals surface area contributed by atoms with Gasteiger partial charge in [-0.05, 0) is 42.5 Å². The highest BCUT2D eigenvalue weighted by Crippen LogP contribution is 2.14. The molecule has 0 spiro atoms. The highest BCUT2D eigenvalue weighted by Gasteiger charge is 2.11. The molecular weight excluding hydrogens is 299 g/mol. The fourth-order valence-electron chi connectivity index (χ4n) is 1.54. The second-order valence-corrected chi connectivity index (χ2v) is 4.71. The number of halogens is 2. The Kier molecular flexibility index (Phi) is 4.65. The summed E-state index contributed by atoms with van der Waals surface area (Å²) in [6.45, 7) is 0. The molecule has 0 heterocycles. The van der Waals surface area contributed by atoms with Crippen molar-refractivity contribution in [1.82, 2.24) is 5.32 Å². The van der Waals surface area contributed by atoms with Crippen molar-refractivity contribution in [1.29, 1.82) is 0 Å². The molecule has 2 aromatic carbocycles. The minimum absolute atomic E-state index is 0.0699. The first kappa shape index (κ1) is 14.4. The van der Waals surface area contributed by atoms with Gasteiger partial charge >= 0.3 is 0 Å². The zero-order chi connectivity index (χ0) is 14.5. The van der Waals surface area contributed by atoms with Crippen molar-refractivity contribution in [2.75, 3.05) is 5.32 Å². The average molecular weight is 309 g/mol. The third-order valence-corrected chi connectivity index (χ3v) is 2.96. The number of thiocarbonyl (C=S) groups is 1. The van der Waals surface area contributed by atoms with Crippen LogP contribution in [0.25, 0.3) is 0 Å². The van der Waals surface area contributed by atoms with Crippen molar-refractivity contribution in [3.8, 4) is 0 Å². The van der Waals surface area contributed by atoms with E-state index in [1.807, 2.05) is 0 Å². The quantitative estimate of drug-likeness (QED) is 0.833. The normalized spacial score (nSPS) is 9.90. The molecule has 2 aromatic rings. The summed E-state index contributed by atoms with van der Waals surface area (Å²) in [6, 6.07) is 12.4. The van der Waals surface area contributed by atoms with Gasteiger partial charge < -0.3 is 5.32 Å². The molecule has 0 atom stereocenters. The molecule has 0 saturated heterocycles. The number of rotatable bonds is 2. The van der Waals surface area contributed by atoms with Crippen molar-refractivity contribution in [3.63, 3.8) is 0 Å². The van der Waals surface area contributed by atoms with Gasteiger partial charge in [-0.15, -0.1) is 0 Å².